The number of hydrogen-bond donors (Lipinski definition) is 1. The number of aromatic nitrogens is 1. The molecule has 0 fully saturated rings. The third-order valence-electron chi connectivity index (χ3n) is 2.26. The highest BCUT2D eigenvalue weighted by atomic mass is 79.9. The van der Waals surface area contributed by atoms with E-state index in [1.165, 1.54) is 24.4 Å². The number of nitrogens with two attached hydrogens (primary N) is 1. The SMILES string of the molecule is NCc1ccnc(Oc2ccc(Br)cc2F)c1F. The van der Waals surface area contributed by atoms with E-state index < -0.39 is 11.6 Å². The van der Waals surface area contributed by atoms with Crippen molar-refractivity contribution in [2.45, 2.75) is 6.54 Å². The molecular weight excluding hydrogens is 306 g/mol. The number of rotatable bonds is 3. The first-order valence-corrected chi connectivity index (χ1v) is 5.87. The molecule has 0 aliphatic heterocycles. The summed E-state index contributed by atoms with van der Waals surface area (Å²) >= 11 is 3.12. The predicted octanol–water partition coefficient (Wildman–Crippen LogP) is 3.37. The van der Waals surface area contributed by atoms with E-state index in [2.05, 4.69) is 20.9 Å². The fourth-order valence-electron chi connectivity index (χ4n) is 1.35. The van der Waals surface area contributed by atoms with Gasteiger partial charge < -0.3 is 10.5 Å². The molecule has 0 saturated carbocycles. The molecule has 0 unspecified atom stereocenters. The Morgan fingerprint density at radius 2 is 2.06 bits per heavy atom. The van der Waals surface area contributed by atoms with Crippen LogP contribution in [-0.2, 0) is 6.54 Å². The highest BCUT2D eigenvalue weighted by Gasteiger charge is 2.13. The maximum Gasteiger partial charge on any atom is 0.256 e. The van der Waals surface area contributed by atoms with Crippen LogP contribution in [0.15, 0.2) is 34.9 Å². The molecule has 0 radical (unpaired) electrons. The number of benzene rings is 1. The summed E-state index contributed by atoms with van der Waals surface area (Å²) in [5.74, 6) is -1.68. The van der Waals surface area contributed by atoms with Gasteiger partial charge in [-0.3, -0.25) is 0 Å². The second kappa shape index (κ2) is 5.41. The van der Waals surface area contributed by atoms with Crippen LogP contribution >= 0.6 is 15.9 Å². The van der Waals surface area contributed by atoms with Gasteiger partial charge in [-0.1, -0.05) is 15.9 Å². The minimum atomic E-state index is -0.678. The lowest BCUT2D eigenvalue weighted by Gasteiger charge is -2.08. The lowest BCUT2D eigenvalue weighted by molar-refractivity contribution is 0.395. The van der Waals surface area contributed by atoms with Gasteiger partial charge in [0.1, 0.15) is 0 Å². The first kappa shape index (κ1) is 12.9. The molecule has 2 aromatic rings. The van der Waals surface area contributed by atoms with Crippen LogP contribution in [0.25, 0.3) is 0 Å². The Hall–Kier alpha value is -1.53. The van der Waals surface area contributed by atoms with Crippen LogP contribution < -0.4 is 10.5 Å². The van der Waals surface area contributed by atoms with Gasteiger partial charge in [0.25, 0.3) is 5.88 Å². The molecule has 1 aromatic heterocycles. The Morgan fingerprint density at radius 3 is 2.72 bits per heavy atom. The molecule has 1 heterocycles. The molecule has 1 aromatic carbocycles. The molecule has 0 bridgehead atoms. The summed E-state index contributed by atoms with van der Waals surface area (Å²) in [6.45, 7) is 0.0214. The zero-order valence-electron chi connectivity index (χ0n) is 9.16. The first-order valence-electron chi connectivity index (χ1n) is 5.08. The Balaban J connectivity index is 2.34. The quantitative estimate of drug-likeness (QED) is 0.945. The van der Waals surface area contributed by atoms with Crippen LogP contribution in [0.4, 0.5) is 8.78 Å². The topological polar surface area (TPSA) is 48.1 Å². The highest BCUT2D eigenvalue weighted by Crippen LogP contribution is 2.28. The average Bonchev–Trinajstić information content (AvgIpc) is 2.35. The summed E-state index contributed by atoms with van der Waals surface area (Å²) in [6, 6.07) is 5.64. The van der Waals surface area contributed by atoms with E-state index in [0.717, 1.165) is 0 Å². The molecule has 2 rings (SSSR count). The van der Waals surface area contributed by atoms with Gasteiger partial charge in [-0.15, -0.1) is 0 Å². The van der Waals surface area contributed by atoms with E-state index in [0.29, 0.717) is 4.47 Å². The molecule has 2 N–H and O–H groups in total. The molecule has 6 heteroatoms. The van der Waals surface area contributed by atoms with Crippen molar-refractivity contribution in [1.29, 1.82) is 0 Å². The normalized spacial score (nSPS) is 10.4. The fourth-order valence-corrected chi connectivity index (χ4v) is 1.69. The third-order valence-corrected chi connectivity index (χ3v) is 2.75. The van der Waals surface area contributed by atoms with E-state index in [1.807, 2.05) is 0 Å². The lowest BCUT2D eigenvalue weighted by Crippen LogP contribution is -2.03. The van der Waals surface area contributed by atoms with Gasteiger partial charge >= 0.3 is 0 Å². The van der Waals surface area contributed by atoms with Crippen LogP contribution in [0, 0.1) is 11.6 Å². The molecule has 0 aliphatic rings. The Morgan fingerprint density at radius 1 is 1.28 bits per heavy atom. The molecule has 3 nitrogen and oxygen atoms in total. The van der Waals surface area contributed by atoms with Gasteiger partial charge in [0, 0.05) is 22.8 Å². The van der Waals surface area contributed by atoms with Crippen molar-refractivity contribution in [2.24, 2.45) is 5.73 Å². The molecule has 0 aliphatic carbocycles. The largest absolute Gasteiger partial charge is 0.433 e. The molecule has 0 atom stereocenters. The number of nitrogens with zero attached hydrogens (tertiary/aromatic N) is 1. The summed E-state index contributed by atoms with van der Waals surface area (Å²) < 4.78 is 33.0. The van der Waals surface area contributed by atoms with Crippen LogP contribution in [0.1, 0.15) is 5.56 Å². The summed E-state index contributed by atoms with van der Waals surface area (Å²) in [6.07, 6.45) is 1.36. The maximum atomic E-state index is 13.8. The van der Waals surface area contributed by atoms with Gasteiger partial charge in [-0.05, 0) is 24.3 Å². The van der Waals surface area contributed by atoms with Crippen molar-refractivity contribution in [3.63, 3.8) is 0 Å². The minimum Gasteiger partial charge on any atom is -0.433 e. The van der Waals surface area contributed by atoms with Crippen molar-refractivity contribution < 1.29 is 13.5 Å². The minimum absolute atomic E-state index is 0.0214. The summed E-state index contributed by atoms with van der Waals surface area (Å²) in [5, 5.41) is 0. The van der Waals surface area contributed by atoms with Crippen LogP contribution in [0.5, 0.6) is 11.6 Å². The van der Waals surface area contributed by atoms with Crippen molar-refractivity contribution in [2.75, 3.05) is 0 Å². The van der Waals surface area contributed by atoms with Gasteiger partial charge in [-0.2, -0.15) is 0 Å². The molecule has 0 amide bonds. The number of pyridine rings is 1. The standard InChI is InChI=1S/C12H9BrF2N2O/c13-8-1-2-10(9(14)5-8)18-12-11(15)7(6-16)3-4-17-12/h1-5H,6,16H2. The van der Waals surface area contributed by atoms with Gasteiger partial charge in [-0.25, -0.2) is 13.8 Å². The molecule has 18 heavy (non-hydrogen) atoms. The van der Waals surface area contributed by atoms with Gasteiger partial charge in [0.2, 0.25) is 0 Å². The summed E-state index contributed by atoms with van der Waals surface area (Å²) in [7, 11) is 0. The monoisotopic (exact) mass is 314 g/mol. The molecule has 0 spiro atoms. The number of hydrogen-bond acceptors (Lipinski definition) is 3. The Kier molecular flexibility index (Phi) is 3.88. The van der Waals surface area contributed by atoms with E-state index in [1.54, 1.807) is 6.07 Å². The van der Waals surface area contributed by atoms with E-state index in [-0.39, 0.29) is 23.7 Å². The van der Waals surface area contributed by atoms with Crippen LogP contribution in [0.3, 0.4) is 0 Å². The fraction of sp³-hybridized carbons (Fsp3) is 0.0833. The van der Waals surface area contributed by atoms with Gasteiger partial charge in [0.05, 0.1) is 0 Å². The van der Waals surface area contributed by atoms with Crippen LogP contribution in [-0.4, -0.2) is 4.98 Å². The van der Waals surface area contributed by atoms with Crippen LogP contribution in [0.2, 0.25) is 0 Å². The predicted molar refractivity (Wildman–Crippen MR) is 66.3 cm³/mol. The van der Waals surface area contributed by atoms with E-state index >= 15 is 0 Å². The Bertz CT molecular complexity index is 578. The van der Waals surface area contributed by atoms with Crippen molar-refractivity contribution >= 4 is 15.9 Å². The zero-order valence-corrected chi connectivity index (χ0v) is 10.7. The molecule has 0 saturated heterocycles. The van der Waals surface area contributed by atoms with E-state index in [9.17, 15) is 8.78 Å². The molecular formula is C12H9BrF2N2O. The summed E-state index contributed by atoms with van der Waals surface area (Å²) in [5.41, 5.74) is 5.62. The number of ether oxygens (including phenoxy) is 1. The van der Waals surface area contributed by atoms with E-state index in [4.69, 9.17) is 10.5 Å². The van der Waals surface area contributed by atoms with Gasteiger partial charge in [0.15, 0.2) is 17.4 Å². The molecule has 94 valence electrons. The van der Waals surface area contributed by atoms with Crippen molar-refractivity contribution in [1.82, 2.24) is 4.98 Å². The second-order valence-corrected chi connectivity index (χ2v) is 4.39. The maximum absolute atomic E-state index is 13.8. The van der Waals surface area contributed by atoms with Crippen molar-refractivity contribution in [3.8, 4) is 11.6 Å². The van der Waals surface area contributed by atoms with Crippen molar-refractivity contribution in [3.05, 3.63) is 52.1 Å². The number of halogens is 3. The first-order chi connectivity index (χ1) is 8.61. The lowest BCUT2D eigenvalue weighted by atomic mass is 10.2. The highest BCUT2D eigenvalue weighted by molar-refractivity contribution is 9.10. The average molecular weight is 315 g/mol. The third kappa shape index (κ3) is 2.65. The second-order valence-electron chi connectivity index (χ2n) is 3.47. The summed E-state index contributed by atoms with van der Waals surface area (Å²) in [4.78, 5) is 3.71. The Labute approximate surface area is 111 Å². The smallest absolute Gasteiger partial charge is 0.256 e. The zero-order chi connectivity index (χ0) is 13.1.